The highest BCUT2D eigenvalue weighted by molar-refractivity contribution is 8.34. The molecule has 0 fully saturated rings. The molecular formula is C57H40N2S. The number of hydrogen-bond acceptors (Lipinski definition) is 1. The molecule has 1 heterocycles. The predicted molar refractivity (Wildman–Crippen MR) is 252 cm³/mol. The van der Waals surface area contributed by atoms with Crippen molar-refractivity contribution in [3.05, 3.63) is 243 Å². The van der Waals surface area contributed by atoms with Gasteiger partial charge in [-0.2, -0.15) is 0 Å². The molecule has 0 radical (unpaired) electrons. The summed E-state index contributed by atoms with van der Waals surface area (Å²) in [6.07, 6.45) is 0. The van der Waals surface area contributed by atoms with Gasteiger partial charge < -0.3 is 0 Å². The molecule has 60 heavy (non-hydrogen) atoms. The van der Waals surface area contributed by atoms with Gasteiger partial charge in [0.2, 0.25) is 0 Å². The molecular weight excluding hydrogens is 745 g/mol. The second kappa shape index (κ2) is 15.0. The third-order valence-corrected chi connectivity index (χ3v) is 15.7. The van der Waals surface area contributed by atoms with Crippen LogP contribution in [-0.2, 0) is 0 Å². The lowest BCUT2D eigenvalue weighted by Crippen LogP contribution is -2.07. The summed E-state index contributed by atoms with van der Waals surface area (Å²) < 4.78 is 2.34. The van der Waals surface area contributed by atoms with Crippen molar-refractivity contribution in [3.8, 4) is 39.3 Å². The summed E-state index contributed by atoms with van der Waals surface area (Å²) in [6, 6.07) is 88.5. The van der Waals surface area contributed by atoms with Crippen LogP contribution in [0, 0.1) is 0 Å². The molecule has 10 aromatic carbocycles. The second-order valence-electron chi connectivity index (χ2n) is 15.0. The largest absolute Gasteiger partial charge is 0.292 e. The Morgan fingerprint density at radius 3 is 1.28 bits per heavy atom. The van der Waals surface area contributed by atoms with E-state index in [4.69, 9.17) is 4.98 Å². The molecule has 0 saturated carbocycles. The molecule has 0 amide bonds. The molecule has 0 bridgehead atoms. The van der Waals surface area contributed by atoms with Crippen LogP contribution in [0.2, 0.25) is 0 Å². The lowest BCUT2D eigenvalue weighted by atomic mass is 9.87. The zero-order valence-electron chi connectivity index (χ0n) is 32.9. The van der Waals surface area contributed by atoms with Gasteiger partial charge in [0, 0.05) is 36.4 Å². The highest BCUT2D eigenvalue weighted by atomic mass is 32.3. The van der Waals surface area contributed by atoms with Crippen molar-refractivity contribution < 1.29 is 0 Å². The van der Waals surface area contributed by atoms with Crippen molar-refractivity contribution in [2.45, 2.75) is 19.6 Å². The first-order chi connectivity index (χ1) is 29.8. The average molecular weight is 785 g/mol. The van der Waals surface area contributed by atoms with E-state index in [1.165, 1.54) is 52.3 Å². The van der Waals surface area contributed by atoms with Crippen molar-refractivity contribution in [3.63, 3.8) is 0 Å². The SMILES string of the molecule is c1ccc(-c2nc3cccc(-c4ccccc4-c4c5ccccc5c(S(c5ccccc5)(c5ccccc5)c5ccccc5)c5ccccc45)c3n2-c2ccccc2)cc1. The summed E-state index contributed by atoms with van der Waals surface area (Å²) in [5.41, 5.74) is 8.90. The van der Waals surface area contributed by atoms with E-state index < -0.39 is 10.0 Å². The first-order valence-electron chi connectivity index (χ1n) is 20.5. The maximum Gasteiger partial charge on any atom is 0.145 e. The van der Waals surface area contributed by atoms with Gasteiger partial charge in [-0.05, 0) is 92.8 Å². The summed E-state index contributed by atoms with van der Waals surface area (Å²) in [5.74, 6) is 0.920. The number of imidazole rings is 1. The van der Waals surface area contributed by atoms with Crippen molar-refractivity contribution in [2.75, 3.05) is 0 Å². The van der Waals surface area contributed by atoms with E-state index in [-0.39, 0.29) is 0 Å². The number of nitrogens with zero attached hydrogens (tertiary/aromatic N) is 2. The Labute approximate surface area is 352 Å². The van der Waals surface area contributed by atoms with E-state index in [1.54, 1.807) is 0 Å². The summed E-state index contributed by atoms with van der Waals surface area (Å²) in [5, 5.41) is 4.97. The summed E-state index contributed by atoms with van der Waals surface area (Å²) in [4.78, 5) is 10.6. The van der Waals surface area contributed by atoms with Crippen molar-refractivity contribution in [1.82, 2.24) is 9.55 Å². The Balaban J connectivity index is 1.26. The first kappa shape index (κ1) is 35.7. The van der Waals surface area contributed by atoms with Gasteiger partial charge in [-0.25, -0.2) is 4.98 Å². The fraction of sp³-hybridized carbons (Fsp3) is 0. The molecule has 0 aliphatic rings. The van der Waals surface area contributed by atoms with Gasteiger partial charge in [-0.1, -0.05) is 188 Å². The Bertz CT molecular complexity index is 3130. The van der Waals surface area contributed by atoms with Crippen LogP contribution in [0.25, 0.3) is 71.9 Å². The van der Waals surface area contributed by atoms with Crippen LogP contribution in [-0.4, -0.2) is 9.55 Å². The molecule has 0 aliphatic heterocycles. The maximum atomic E-state index is 5.34. The Morgan fingerprint density at radius 1 is 0.333 bits per heavy atom. The molecule has 11 rings (SSSR count). The minimum atomic E-state index is -2.03. The Hall–Kier alpha value is -7.46. The van der Waals surface area contributed by atoms with Crippen LogP contribution >= 0.6 is 10.0 Å². The molecule has 2 nitrogen and oxygen atoms in total. The third kappa shape index (κ3) is 5.70. The number of hydrogen-bond donors (Lipinski definition) is 0. The zero-order valence-corrected chi connectivity index (χ0v) is 33.7. The van der Waals surface area contributed by atoms with Crippen LogP contribution in [0.15, 0.2) is 262 Å². The normalized spacial score (nSPS) is 11.9. The van der Waals surface area contributed by atoms with E-state index in [9.17, 15) is 0 Å². The van der Waals surface area contributed by atoms with Gasteiger partial charge >= 0.3 is 0 Å². The summed E-state index contributed by atoms with van der Waals surface area (Å²) >= 11 is 0. The molecule has 0 atom stereocenters. The van der Waals surface area contributed by atoms with Gasteiger partial charge in [0.25, 0.3) is 0 Å². The first-order valence-corrected chi connectivity index (χ1v) is 22.1. The summed E-state index contributed by atoms with van der Waals surface area (Å²) in [7, 11) is -2.03. The van der Waals surface area contributed by atoms with Crippen LogP contribution in [0.5, 0.6) is 0 Å². The van der Waals surface area contributed by atoms with E-state index in [0.717, 1.165) is 39.2 Å². The lowest BCUT2D eigenvalue weighted by molar-refractivity contribution is 1.10. The number of benzene rings is 10. The monoisotopic (exact) mass is 784 g/mol. The predicted octanol–water partition coefficient (Wildman–Crippen LogP) is 15.7. The fourth-order valence-corrected chi connectivity index (χ4v) is 13.5. The number of para-hydroxylation sites is 2. The molecule has 0 N–H and O–H groups in total. The van der Waals surface area contributed by atoms with E-state index in [1.807, 2.05) is 0 Å². The quantitative estimate of drug-likeness (QED) is 0.140. The van der Waals surface area contributed by atoms with Crippen LogP contribution in [0.1, 0.15) is 0 Å². The lowest BCUT2D eigenvalue weighted by Gasteiger charge is -2.43. The van der Waals surface area contributed by atoms with Crippen molar-refractivity contribution >= 4 is 42.6 Å². The molecule has 0 spiro atoms. The molecule has 0 aliphatic carbocycles. The molecule has 3 heteroatoms. The van der Waals surface area contributed by atoms with Gasteiger partial charge in [0.05, 0.1) is 11.0 Å². The second-order valence-corrected chi connectivity index (χ2v) is 18.1. The Kier molecular flexibility index (Phi) is 8.95. The van der Waals surface area contributed by atoms with E-state index >= 15 is 0 Å². The smallest absolute Gasteiger partial charge is 0.145 e. The molecule has 0 saturated heterocycles. The minimum absolute atomic E-state index is 0.920. The van der Waals surface area contributed by atoms with E-state index in [2.05, 4.69) is 247 Å². The van der Waals surface area contributed by atoms with Gasteiger partial charge in [-0.15, -0.1) is 10.0 Å². The van der Waals surface area contributed by atoms with Crippen molar-refractivity contribution in [2.24, 2.45) is 0 Å². The van der Waals surface area contributed by atoms with Crippen molar-refractivity contribution in [1.29, 1.82) is 0 Å². The highest BCUT2D eigenvalue weighted by Gasteiger charge is 2.37. The topological polar surface area (TPSA) is 17.8 Å². The molecule has 284 valence electrons. The maximum absolute atomic E-state index is 5.34. The fourth-order valence-electron chi connectivity index (χ4n) is 9.23. The average Bonchev–Trinajstić information content (AvgIpc) is 3.73. The van der Waals surface area contributed by atoms with Gasteiger partial charge in [0.15, 0.2) is 0 Å². The zero-order chi connectivity index (χ0) is 39.9. The summed E-state index contributed by atoms with van der Waals surface area (Å²) in [6.45, 7) is 0. The minimum Gasteiger partial charge on any atom is -0.292 e. The number of fused-ring (bicyclic) bond motifs is 3. The standard InChI is InChI=1S/C57H40N2S/c1-6-23-41(24-7-1)57-58-53-40-22-39-50(55(53)59(57)42-25-8-2-9-26-42)46-33-16-17-34-47(46)54-48-35-18-20-37-51(48)56(52-38-21-19-36-49(52)54)60(43-27-10-3-11-28-43,44-29-12-4-13-30-44)45-31-14-5-15-32-45/h1-40H. The molecule has 11 aromatic rings. The van der Waals surface area contributed by atoms with Gasteiger partial charge in [0.1, 0.15) is 5.82 Å². The molecule has 0 unspecified atom stereocenters. The highest BCUT2D eigenvalue weighted by Crippen LogP contribution is 2.76. The van der Waals surface area contributed by atoms with Gasteiger partial charge in [-0.3, -0.25) is 4.57 Å². The third-order valence-electron chi connectivity index (χ3n) is 11.7. The van der Waals surface area contributed by atoms with Crippen LogP contribution in [0.4, 0.5) is 0 Å². The number of aromatic nitrogens is 2. The molecule has 1 aromatic heterocycles. The van der Waals surface area contributed by atoms with E-state index in [0.29, 0.717) is 0 Å². The number of rotatable bonds is 8. The van der Waals surface area contributed by atoms with Crippen LogP contribution < -0.4 is 0 Å². The Morgan fingerprint density at radius 2 is 0.750 bits per heavy atom. The van der Waals surface area contributed by atoms with Crippen LogP contribution in [0.3, 0.4) is 0 Å².